The summed E-state index contributed by atoms with van der Waals surface area (Å²) >= 11 is 0. The highest BCUT2D eigenvalue weighted by atomic mass is 19.4. The maximum absolute atomic E-state index is 15.8. The minimum absolute atomic E-state index is 0.0407. The molecule has 11 heteroatoms. The molecule has 2 atom stereocenters. The van der Waals surface area contributed by atoms with Gasteiger partial charge in [0.1, 0.15) is 11.6 Å². The molecule has 2 N–H and O–H groups in total. The molecule has 0 radical (unpaired) electrons. The van der Waals surface area contributed by atoms with Gasteiger partial charge in [-0.2, -0.15) is 13.2 Å². The van der Waals surface area contributed by atoms with Gasteiger partial charge in [0.2, 0.25) is 0 Å². The van der Waals surface area contributed by atoms with Gasteiger partial charge in [0.05, 0.1) is 22.5 Å². The van der Waals surface area contributed by atoms with Crippen molar-refractivity contribution in [1.82, 2.24) is 15.1 Å². The van der Waals surface area contributed by atoms with Crippen LogP contribution < -0.4 is 15.5 Å². The van der Waals surface area contributed by atoms with Crippen molar-refractivity contribution in [3.63, 3.8) is 0 Å². The van der Waals surface area contributed by atoms with Crippen LogP contribution >= 0.6 is 0 Å². The van der Waals surface area contributed by atoms with Gasteiger partial charge in [-0.05, 0) is 62.7 Å². The SMILES string of the molecule is C[C@@H]1CN(c2cc(F)c(C3=CCN(Cc4ccc(F)cc4)CC3)cc2NC(=O)C2=CNCC=C2C(F)(F)F)C[C@H](C)N1C. The quantitative estimate of drug-likeness (QED) is 0.417. The van der Waals surface area contributed by atoms with Crippen LogP contribution in [0.3, 0.4) is 0 Å². The van der Waals surface area contributed by atoms with Gasteiger partial charge in [-0.3, -0.25) is 14.6 Å². The van der Waals surface area contributed by atoms with Crippen LogP contribution in [0.15, 0.2) is 65.9 Å². The van der Waals surface area contributed by atoms with E-state index in [0.717, 1.165) is 23.4 Å². The summed E-state index contributed by atoms with van der Waals surface area (Å²) in [4.78, 5) is 19.7. The molecule has 0 unspecified atom stereocenters. The number of amides is 1. The molecule has 6 nitrogen and oxygen atoms in total. The van der Waals surface area contributed by atoms with E-state index in [1.165, 1.54) is 18.2 Å². The second kappa shape index (κ2) is 12.5. The topological polar surface area (TPSA) is 50.9 Å². The smallest absolute Gasteiger partial charge is 0.387 e. The molecule has 2 aromatic rings. The Bertz CT molecular complexity index is 1440. The number of likely N-dealkylation sites (N-methyl/N-ethyl adjacent to an activating group) is 1. The minimum atomic E-state index is -4.70. The van der Waals surface area contributed by atoms with Crippen LogP contribution in [-0.2, 0) is 11.3 Å². The molecule has 5 rings (SSSR count). The summed E-state index contributed by atoms with van der Waals surface area (Å²) in [7, 11) is 2.02. The van der Waals surface area contributed by atoms with Crippen LogP contribution in [0.1, 0.15) is 31.4 Å². The molecule has 43 heavy (non-hydrogen) atoms. The van der Waals surface area contributed by atoms with E-state index in [2.05, 4.69) is 34.3 Å². The summed E-state index contributed by atoms with van der Waals surface area (Å²) in [5, 5.41) is 5.38. The first-order valence-electron chi connectivity index (χ1n) is 14.4. The van der Waals surface area contributed by atoms with Crippen molar-refractivity contribution in [3.8, 4) is 0 Å². The van der Waals surface area contributed by atoms with Gasteiger partial charge in [0.25, 0.3) is 5.91 Å². The number of piperazine rings is 1. The van der Waals surface area contributed by atoms with Gasteiger partial charge < -0.3 is 15.5 Å². The first kappa shape index (κ1) is 30.7. The van der Waals surface area contributed by atoms with Gasteiger partial charge in [0, 0.05) is 63.1 Å². The van der Waals surface area contributed by atoms with E-state index in [-0.39, 0.29) is 30.1 Å². The molecule has 0 aliphatic carbocycles. The number of benzene rings is 2. The summed E-state index contributed by atoms with van der Waals surface area (Å²) in [6, 6.07) is 9.50. The second-order valence-corrected chi connectivity index (χ2v) is 11.5. The Kier molecular flexibility index (Phi) is 8.94. The zero-order valence-electron chi connectivity index (χ0n) is 24.4. The molecule has 0 spiro atoms. The summed E-state index contributed by atoms with van der Waals surface area (Å²) in [6.07, 6.45) is -0.225. The Morgan fingerprint density at radius 2 is 1.74 bits per heavy atom. The fourth-order valence-electron chi connectivity index (χ4n) is 5.87. The Labute approximate surface area is 248 Å². The number of rotatable bonds is 6. The molecule has 1 amide bonds. The maximum atomic E-state index is 15.8. The highest BCUT2D eigenvalue weighted by Crippen LogP contribution is 2.38. The summed E-state index contributed by atoms with van der Waals surface area (Å²) in [5.74, 6) is -1.68. The first-order valence-corrected chi connectivity index (χ1v) is 14.4. The standard InChI is InChI=1S/C32H36F5N5O/c1-20-17-42(18-21(2)40(20)3)30-15-28(34)25(23-9-12-41(13-10-23)19-22-4-6-24(33)7-5-22)14-29(30)39-31(43)26-16-38-11-8-27(26)32(35,36)37/h4-9,14-16,20-21,38H,10-13,17-19H2,1-3H3,(H,39,43)/t20-,21+. The average Bonchev–Trinajstić information content (AvgIpc) is 2.97. The predicted octanol–water partition coefficient (Wildman–Crippen LogP) is 5.70. The third-order valence-electron chi connectivity index (χ3n) is 8.50. The van der Waals surface area contributed by atoms with E-state index in [0.29, 0.717) is 50.4 Å². The lowest BCUT2D eigenvalue weighted by Crippen LogP contribution is -2.55. The van der Waals surface area contributed by atoms with E-state index in [1.54, 1.807) is 18.2 Å². The van der Waals surface area contributed by atoms with E-state index in [1.807, 2.05) is 18.0 Å². The Morgan fingerprint density at radius 1 is 1.05 bits per heavy atom. The Morgan fingerprint density at radius 3 is 2.37 bits per heavy atom. The van der Waals surface area contributed by atoms with Crippen molar-refractivity contribution < 1.29 is 26.7 Å². The van der Waals surface area contributed by atoms with Crippen molar-refractivity contribution in [2.24, 2.45) is 0 Å². The Balaban J connectivity index is 1.44. The number of hydrogen-bond donors (Lipinski definition) is 2. The number of dihydropyridines is 1. The predicted molar refractivity (Wildman–Crippen MR) is 158 cm³/mol. The molecule has 2 aromatic carbocycles. The lowest BCUT2D eigenvalue weighted by molar-refractivity contribution is -0.115. The van der Waals surface area contributed by atoms with Crippen molar-refractivity contribution in [2.45, 2.75) is 45.1 Å². The third-order valence-corrected chi connectivity index (χ3v) is 8.50. The monoisotopic (exact) mass is 601 g/mol. The van der Waals surface area contributed by atoms with Crippen LogP contribution in [0.5, 0.6) is 0 Å². The number of nitrogens with zero attached hydrogens (tertiary/aromatic N) is 3. The number of carbonyl (C=O) groups excluding carboxylic acids is 1. The molecular weight excluding hydrogens is 565 g/mol. The average molecular weight is 602 g/mol. The van der Waals surface area contributed by atoms with Crippen LogP contribution in [0.25, 0.3) is 5.57 Å². The number of anilines is 2. The van der Waals surface area contributed by atoms with E-state index in [9.17, 15) is 22.4 Å². The largest absolute Gasteiger partial charge is 0.416 e. The van der Waals surface area contributed by atoms with Crippen LogP contribution in [0, 0.1) is 11.6 Å². The summed E-state index contributed by atoms with van der Waals surface area (Å²) < 4.78 is 70.3. The lowest BCUT2D eigenvalue weighted by atomic mass is 9.96. The lowest BCUT2D eigenvalue weighted by Gasteiger charge is -2.44. The molecule has 0 bridgehead atoms. The summed E-state index contributed by atoms with van der Waals surface area (Å²) in [6.45, 7) is 6.97. The molecular formula is C32H36F5N5O. The molecule has 0 aromatic heterocycles. The van der Waals surface area contributed by atoms with Crippen molar-refractivity contribution in [1.29, 1.82) is 0 Å². The number of halogens is 5. The first-order chi connectivity index (χ1) is 20.4. The fraction of sp³-hybridized carbons (Fsp3) is 0.406. The number of nitrogens with one attached hydrogen (secondary N) is 2. The van der Waals surface area contributed by atoms with Gasteiger partial charge in [0.15, 0.2) is 0 Å². The highest BCUT2D eigenvalue weighted by molar-refractivity contribution is 6.09. The zero-order valence-corrected chi connectivity index (χ0v) is 24.4. The Hall–Kier alpha value is -3.70. The van der Waals surface area contributed by atoms with Gasteiger partial charge in [-0.25, -0.2) is 8.78 Å². The van der Waals surface area contributed by atoms with Crippen LogP contribution in [-0.4, -0.2) is 73.7 Å². The van der Waals surface area contributed by atoms with Crippen LogP contribution in [0.4, 0.5) is 33.3 Å². The zero-order chi connectivity index (χ0) is 30.9. The molecule has 1 saturated heterocycles. The summed E-state index contributed by atoms with van der Waals surface area (Å²) in [5.41, 5.74) is 1.18. The normalized spacial score (nSPS) is 22.0. The van der Waals surface area contributed by atoms with E-state index in [4.69, 9.17) is 0 Å². The highest BCUT2D eigenvalue weighted by Gasteiger charge is 2.39. The molecule has 0 saturated carbocycles. The molecule has 3 aliphatic rings. The number of alkyl halides is 3. The number of carbonyl (C=O) groups is 1. The molecule has 3 aliphatic heterocycles. The van der Waals surface area contributed by atoms with Crippen LogP contribution in [0.2, 0.25) is 0 Å². The van der Waals surface area contributed by atoms with Crippen molar-refractivity contribution >= 4 is 22.9 Å². The van der Waals surface area contributed by atoms with E-state index < -0.39 is 29.0 Å². The van der Waals surface area contributed by atoms with Crippen molar-refractivity contribution in [2.75, 3.05) is 50.0 Å². The van der Waals surface area contributed by atoms with Gasteiger partial charge in [-0.15, -0.1) is 0 Å². The molecule has 3 heterocycles. The van der Waals surface area contributed by atoms with Gasteiger partial charge in [-0.1, -0.05) is 24.3 Å². The molecule has 1 fully saturated rings. The van der Waals surface area contributed by atoms with E-state index >= 15 is 4.39 Å². The molecule has 230 valence electrons. The fourth-order valence-corrected chi connectivity index (χ4v) is 5.87. The number of hydrogen-bond acceptors (Lipinski definition) is 5. The second-order valence-electron chi connectivity index (χ2n) is 11.5. The van der Waals surface area contributed by atoms with Gasteiger partial charge >= 0.3 is 6.18 Å². The van der Waals surface area contributed by atoms with Crippen molar-refractivity contribution in [3.05, 3.63) is 88.7 Å². The maximum Gasteiger partial charge on any atom is 0.416 e. The third kappa shape index (κ3) is 6.94. The minimum Gasteiger partial charge on any atom is -0.387 e.